The quantitative estimate of drug-likeness (QED) is 0.886. The average Bonchev–Trinajstić information content (AvgIpc) is 2.44. The lowest BCUT2D eigenvalue weighted by atomic mass is 9.96. The predicted octanol–water partition coefficient (Wildman–Crippen LogP) is 0.740. The fourth-order valence-corrected chi connectivity index (χ4v) is 3.62. The SMILES string of the molecule is CC(C#N)S(=O)(=O)N1Cc2ccccc2C[C@H]1C(=O)O. The van der Waals surface area contributed by atoms with Gasteiger partial charge in [0.05, 0.1) is 6.07 Å². The molecule has 1 heterocycles. The molecule has 0 radical (unpaired) electrons. The van der Waals surface area contributed by atoms with Gasteiger partial charge in [-0.2, -0.15) is 9.57 Å². The molecule has 106 valence electrons. The van der Waals surface area contributed by atoms with E-state index in [1.807, 2.05) is 0 Å². The van der Waals surface area contributed by atoms with Crippen LogP contribution in [0.2, 0.25) is 0 Å². The molecule has 6 nitrogen and oxygen atoms in total. The van der Waals surface area contributed by atoms with Crippen molar-refractivity contribution in [1.82, 2.24) is 4.31 Å². The van der Waals surface area contributed by atoms with E-state index in [0.29, 0.717) is 0 Å². The van der Waals surface area contributed by atoms with Crippen LogP contribution in [0.1, 0.15) is 18.1 Å². The van der Waals surface area contributed by atoms with E-state index >= 15 is 0 Å². The maximum atomic E-state index is 12.3. The molecule has 0 saturated carbocycles. The van der Waals surface area contributed by atoms with E-state index < -0.39 is 27.3 Å². The van der Waals surface area contributed by atoms with E-state index in [2.05, 4.69) is 0 Å². The molecule has 0 amide bonds. The molecule has 1 aliphatic rings. The molecular formula is C13H14N2O4S. The van der Waals surface area contributed by atoms with Crippen molar-refractivity contribution >= 4 is 16.0 Å². The van der Waals surface area contributed by atoms with Gasteiger partial charge in [-0.3, -0.25) is 4.79 Å². The second kappa shape index (κ2) is 5.23. The Labute approximate surface area is 117 Å². The topological polar surface area (TPSA) is 98.5 Å². The molecule has 0 saturated heterocycles. The minimum Gasteiger partial charge on any atom is -0.480 e. The average molecular weight is 294 g/mol. The minimum absolute atomic E-state index is 0.0124. The third-order valence-corrected chi connectivity index (χ3v) is 5.48. The van der Waals surface area contributed by atoms with Crippen LogP contribution in [0.3, 0.4) is 0 Å². The summed E-state index contributed by atoms with van der Waals surface area (Å²) in [6.45, 7) is 1.25. The molecule has 0 aliphatic carbocycles. The van der Waals surface area contributed by atoms with Crippen molar-refractivity contribution in [3.05, 3.63) is 35.4 Å². The number of sulfonamides is 1. The van der Waals surface area contributed by atoms with Crippen LogP contribution < -0.4 is 0 Å². The number of rotatable bonds is 3. The van der Waals surface area contributed by atoms with Gasteiger partial charge in [-0.05, 0) is 18.1 Å². The highest BCUT2D eigenvalue weighted by Crippen LogP contribution is 2.27. The zero-order chi connectivity index (χ0) is 14.9. The van der Waals surface area contributed by atoms with Crippen molar-refractivity contribution in [2.24, 2.45) is 0 Å². The first-order chi connectivity index (χ1) is 9.37. The number of carboxylic acid groups (broad SMARTS) is 1. The minimum atomic E-state index is -3.96. The van der Waals surface area contributed by atoms with E-state index in [9.17, 15) is 18.3 Å². The second-order valence-electron chi connectivity index (χ2n) is 4.69. The van der Waals surface area contributed by atoms with E-state index in [0.717, 1.165) is 15.4 Å². The molecular weight excluding hydrogens is 280 g/mol. The molecule has 0 aromatic heterocycles. The molecule has 1 aliphatic heterocycles. The fraction of sp³-hybridized carbons (Fsp3) is 0.385. The van der Waals surface area contributed by atoms with Crippen molar-refractivity contribution in [1.29, 1.82) is 5.26 Å². The van der Waals surface area contributed by atoms with Gasteiger partial charge < -0.3 is 5.11 Å². The molecule has 0 bridgehead atoms. The molecule has 20 heavy (non-hydrogen) atoms. The van der Waals surface area contributed by atoms with E-state index in [1.54, 1.807) is 30.3 Å². The van der Waals surface area contributed by atoms with Crippen LogP contribution in [0, 0.1) is 11.3 Å². The third-order valence-electron chi connectivity index (χ3n) is 3.45. The van der Waals surface area contributed by atoms with E-state index in [-0.39, 0.29) is 13.0 Å². The number of aliphatic carboxylic acids is 1. The highest BCUT2D eigenvalue weighted by molar-refractivity contribution is 7.90. The summed E-state index contributed by atoms with van der Waals surface area (Å²) in [6.07, 6.45) is 0.114. The fourth-order valence-electron chi connectivity index (χ4n) is 2.25. The highest BCUT2D eigenvalue weighted by atomic mass is 32.2. The molecule has 0 spiro atoms. The molecule has 1 aromatic rings. The largest absolute Gasteiger partial charge is 0.480 e. The van der Waals surface area contributed by atoms with Gasteiger partial charge in [0.15, 0.2) is 5.25 Å². The van der Waals surface area contributed by atoms with Gasteiger partial charge in [0.1, 0.15) is 6.04 Å². The number of carboxylic acids is 1. The van der Waals surface area contributed by atoms with E-state index in [4.69, 9.17) is 5.26 Å². The molecule has 0 fully saturated rings. The standard InChI is InChI=1S/C13H14N2O4S/c1-9(7-14)20(18,19)15-8-11-5-3-2-4-10(11)6-12(15)13(16)17/h2-5,9,12H,6,8H2,1H3,(H,16,17)/t9?,12-/m0/s1. The molecule has 1 aromatic carbocycles. The van der Waals surface area contributed by atoms with Crippen LogP contribution in [-0.2, 0) is 27.8 Å². The van der Waals surface area contributed by atoms with Crippen LogP contribution in [0.15, 0.2) is 24.3 Å². The van der Waals surface area contributed by atoms with Crippen LogP contribution >= 0.6 is 0 Å². The lowest BCUT2D eigenvalue weighted by Gasteiger charge is -2.34. The Morgan fingerprint density at radius 1 is 1.45 bits per heavy atom. The van der Waals surface area contributed by atoms with Gasteiger partial charge in [-0.15, -0.1) is 0 Å². The number of fused-ring (bicyclic) bond motifs is 1. The number of nitriles is 1. The van der Waals surface area contributed by atoms with Gasteiger partial charge in [0, 0.05) is 13.0 Å². The van der Waals surface area contributed by atoms with Gasteiger partial charge >= 0.3 is 5.97 Å². The third kappa shape index (κ3) is 2.40. The Kier molecular flexibility index (Phi) is 3.79. The molecule has 7 heteroatoms. The Morgan fingerprint density at radius 2 is 2.05 bits per heavy atom. The van der Waals surface area contributed by atoms with Crippen LogP contribution in [0.4, 0.5) is 0 Å². The predicted molar refractivity (Wildman–Crippen MR) is 71.1 cm³/mol. The number of benzene rings is 1. The summed E-state index contributed by atoms with van der Waals surface area (Å²) >= 11 is 0. The number of hydrogen-bond donors (Lipinski definition) is 1. The van der Waals surface area contributed by atoms with Gasteiger partial charge in [-0.1, -0.05) is 24.3 Å². The Balaban J connectivity index is 2.47. The van der Waals surface area contributed by atoms with Gasteiger partial charge in [0.2, 0.25) is 10.0 Å². The Bertz CT molecular complexity index is 678. The lowest BCUT2D eigenvalue weighted by Crippen LogP contribution is -2.50. The number of hydrogen-bond acceptors (Lipinski definition) is 4. The van der Waals surface area contributed by atoms with Gasteiger partial charge in [0.25, 0.3) is 0 Å². The Morgan fingerprint density at radius 3 is 2.60 bits per heavy atom. The van der Waals surface area contributed by atoms with Crippen molar-refractivity contribution in [3.8, 4) is 6.07 Å². The second-order valence-corrected chi connectivity index (χ2v) is 6.89. The summed E-state index contributed by atoms with van der Waals surface area (Å²) in [4.78, 5) is 11.3. The molecule has 1 unspecified atom stereocenters. The van der Waals surface area contributed by atoms with Crippen molar-refractivity contribution < 1.29 is 18.3 Å². The molecule has 2 atom stereocenters. The van der Waals surface area contributed by atoms with Crippen LogP contribution in [-0.4, -0.2) is 35.1 Å². The zero-order valence-corrected chi connectivity index (χ0v) is 11.7. The first kappa shape index (κ1) is 14.5. The van der Waals surface area contributed by atoms with Crippen molar-refractivity contribution in [2.45, 2.75) is 31.2 Å². The van der Waals surface area contributed by atoms with Gasteiger partial charge in [-0.25, -0.2) is 8.42 Å². The molecule has 2 rings (SSSR count). The Hall–Kier alpha value is -1.91. The van der Waals surface area contributed by atoms with Crippen LogP contribution in [0.25, 0.3) is 0 Å². The summed E-state index contributed by atoms with van der Waals surface area (Å²) in [5.41, 5.74) is 1.61. The number of nitrogens with zero attached hydrogens (tertiary/aromatic N) is 2. The zero-order valence-electron chi connectivity index (χ0n) is 10.9. The monoisotopic (exact) mass is 294 g/mol. The first-order valence-corrected chi connectivity index (χ1v) is 7.58. The maximum absolute atomic E-state index is 12.3. The maximum Gasteiger partial charge on any atom is 0.322 e. The van der Waals surface area contributed by atoms with Crippen LogP contribution in [0.5, 0.6) is 0 Å². The summed E-state index contributed by atoms with van der Waals surface area (Å²) < 4.78 is 25.5. The summed E-state index contributed by atoms with van der Waals surface area (Å²) in [7, 11) is -3.96. The summed E-state index contributed by atoms with van der Waals surface area (Å²) in [5.74, 6) is -1.20. The molecule has 1 N–H and O–H groups in total. The number of carbonyl (C=O) groups is 1. The van der Waals surface area contributed by atoms with E-state index in [1.165, 1.54) is 6.92 Å². The lowest BCUT2D eigenvalue weighted by molar-refractivity contribution is -0.141. The van der Waals surface area contributed by atoms with Crippen molar-refractivity contribution in [3.63, 3.8) is 0 Å². The first-order valence-electron chi connectivity index (χ1n) is 6.07. The van der Waals surface area contributed by atoms with Crippen molar-refractivity contribution in [2.75, 3.05) is 0 Å². The normalized spacial score (nSPS) is 20.7. The smallest absolute Gasteiger partial charge is 0.322 e. The summed E-state index contributed by atoms with van der Waals surface area (Å²) in [6, 6.07) is 7.64. The highest BCUT2D eigenvalue weighted by Gasteiger charge is 2.41. The summed E-state index contributed by atoms with van der Waals surface area (Å²) in [5, 5.41) is 16.8.